The maximum Gasteiger partial charge on any atom is 0.153 e. The van der Waals surface area contributed by atoms with Crippen LogP contribution < -0.4 is 4.74 Å². The van der Waals surface area contributed by atoms with E-state index in [0.717, 1.165) is 17.4 Å². The Morgan fingerprint density at radius 1 is 1.00 bits per heavy atom. The van der Waals surface area contributed by atoms with Crippen molar-refractivity contribution < 1.29 is 9.53 Å². The van der Waals surface area contributed by atoms with Crippen molar-refractivity contribution >= 4 is 6.29 Å². The zero-order chi connectivity index (χ0) is 13.0. The first-order valence-corrected chi connectivity index (χ1v) is 6.02. The Balaban J connectivity index is 2.39. The Morgan fingerprint density at radius 2 is 1.72 bits per heavy atom. The number of hydrogen-bond acceptors (Lipinski definition) is 2. The molecule has 0 fully saturated rings. The Morgan fingerprint density at radius 3 is 2.33 bits per heavy atom. The third-order valence-electron chi connectivity index (χ3n) is 2.61. The van der Waals surface area contributed by atoms with Crippen LogP contribution in [-0.2, 0) is 0 Å². The monoisotopic (exact) mass is 240 g/mol. The molecule has 2 rings (SSSR count). The van der Waals surface area contributed by atoms with Gasteiger partial charge in [-0.3, -0.25) is 4.79 Å². The summed E-state index contributed by atoms with van der Waals surface area (Å²) in [5.41, 5.74) is 2.70. The van der Waals surface area contributed by atoms with Gasteiger partial charge in [0.05, 0.1) is 11.7 Å². The van der Waals surface area contributed by atoms with E-state index < -0.39 is 0 Å². The largest absolute Gasteiger partial charge is 0.490 e. The van der Waals surface area contributed by atoms with E-state index in [1.807, 2.05) is 62.4 Å². The van der Waals surface area contributed by atoms with Crippen molar-refractivity contribution in [3.63, 3.8) is 0 Å². The molecule has 92 valence electrons. The molecule has 18 heavy (non-hydrogen) atoms. The molecule has 0 radical (unpaired) electrons. The smallest absolute Gasteiger partial charge is 0.153 e. The number of carbonyl (C=O) groups excluding carboxylic acids is 1. The Bertz CT molecular complexity index is 530. The fourth-order valence-electron chi connectivity index (χ4n) is 1.81. The van der Waals surface area contributed by atoms with Crippen LogP contribution in [0.4, 0.5) is 0 Å². The first-order chi connectivity index (χ1) is 8.70. The lowest BCUT2D eigenvalue weighted by Gasteiger charge is -2.12. The second-order valence-electron chi connectivity index (χ2n) is 4.40. The normalized spacial score (nSPS) is 10.4. The minimum absolute atomic E-state index is 0.0614. The molecule has 0 saturated carbocycles. The summed E-state index contributed by atoms with van der Waals surface area (Å²) in [6.07, 6.45) is 0.899. The molecule has 0 saturated heterocycles. The van der Waals surface area contributed by atoms with E-state index in [-0.39, 0.29) is 6.10 Å². The van der Waals surface area contributed by atoms with Crippen LogP contribution in [0.2, 0.25) is 0 Å². The lowest BCUT2D eigenvalue weighted by atomic mass is 10.0. The van der Waals surface area contributed by atoms with Crippen molar-refractivity contribution in [1.82, 2.24) is 0 Å². The van der Waals surface area contributed by atoms with Crippen LogP contribution in [0.25, 0.3) is 11.1 Å². The molecule has 2 aromatic carbocycles. The number of ether oxygens (including phenoxy) is 1. The summed E-state index contributed by atoms with van der Waals surface area (Å²) in [5.74, 6) is 0.639. The van der Waals surface area contributed by atoms with Crippen molar-refractivity contribution in [2.45, 2.75) is 20.0 Å². The van der Waals surface area contributed by atoms with Crippen molar-refractivity contribution in [2.24, 2.45) is 0 Å². The summed E-state index contributed by atoms with van der Waals surface area (Å²) >= 11 is 0. The Hall–Kier alpha value is -2.09. The van der Waals surface area contributed by atoms with Gasteiger partial charge >= 0.3 is 0 Å². The highest BCUT2D eigenvalue weighted by molar-refractivity contribution is 5.83. The highest BCUT2D eigenvalue weighted by atomic mass is 16.5. The fraction of sp³-hybridized carbons (Fsp3) is 0.188. The third-order valence-corrected chi connectivity index (χ3v) is 2.61. The number of hydrogen-bond donors (Lipinski definition) is 0. The predicted octanol–water partition coefficient (Wildman–Crippen LogP) is 3.95. The van der Waals surface area contributed by atoms with Crippen molar-refractivity contribution in [3.8, 4) is 16.9 Å². The molecule has 0 atom stereocenters. The van der Waals surface area contributed by atoms with E-state index in [2.05, 4.69) is 0 Å². The first-order valence-electron chi connectivity index (χ1n) is 6.02. The molecule has 0 aliphatic carbocycles. The van der Waals surface area contributed by atoms with Gasteiger partial charge < -0.3 is 4.74 Å². The SMILES string of the molecule is CC(C)Oc1ccc(-c2ccccc2)cc1C=O. The average Bonchev–Trinajstić information content (AvgIpc) is 2.39. The molecular weight excluding hydrogens is 224 g/mol. The third kappa shape index (κ3) is 2.77. The fourth-order valence-corrected chi connectivity index (χ4v) is 1.81. The van der Waals surface area contributed by atoms with Gasteiger partial charge in [-0.2, -0.15) is 0 Å². The van der Waals surface area contributed by atoms with Gasteiger partial charge in [0.15, 0.2) is 6.29 Å². The summed E-state index contributed by atoms with van der Waals surface area (Å²) < 4.78 is 5.60. The van der Waals surface area contributed by atoms with Gasteiger partial charge in [-0.05, 0) is 37.1 Å². The number of aldehydes is 1. The van der Waals surface area contributed by atoms with Crippen LogP contribution in [0.1, 0.15) is 24.2 Å². The summed E-state index contributed by atoms with van der Waals surface area (Å²) in [7, 11) is 0. The molecule has 0 heterocycles. The minimum atomic E-state index is 0.0614. The van der Waals surface area contributed by atoms with E-state index in [0.29, 0.717) is 11.3 Å². The lowest BCUT2D eigenvalue weighted by Crippen LogP contribution is -2.07. The van der Waals surface area contributed by atoms with E-state index in [4.69, 9.17) is 4.74 Å². The first kappa shape index (κ1) is 12.4. The highest BCUT2D eigenvalue weighted by Gasteiger charge is 2.07. The maximum absolute atomic E-state index is 11.1. The van der Waals surface area contributed by atoms with E-state index in [1.165, 1.54) is 0 Å². The van der Waals surface area contributed by atoms with Gasteiger partial charge in [0.25, 0.3) is 0 Å². The van der Waals surface area contributed by atoms with Gasteiger partial charge in [-0.15, -0.1) is 0 Å². The van der Waals surface area contributed by atoms with Gasteiger partial charge in [0.2, 0.25) is 0 Å². The van der Waals surface area contributed by atoms with Gasteiger partial charge in [-0.25, -0.2) is 0 Å². The number of carbonyl (C=O) groups is 1. The summed E-state index contributed by atoms with van der Waals surface area (Å²) in [5, 5.41) is 0. The topological polar surface area (TPSA) is 26.3 Å². The van der Waals surface area contributed by atoms with Gasteiger partial charge in [0.1, 0.15) is 5.75 Å². The minimum Gasteiger partial charge on any atom is -0.490 e. The molecule has 2 heteroatoms. The van der Waals surface area contributed by atoms with E-state index >= 15 is 0 Å². The summed E-state index contributed by atoms with van der Waals surface area (Å²) in [6.45, 7) is 3.89. The number of rotatable bonds is 4. The second kappa shape index (κ2) is 5.50. The zero-order valence-electron chi connectivity index (χ0n) is 10.6. The van der Waals surface area contributed by atoms with Crippen molar-refractivity contribution in [1.29, 1.82) is 0 Å². The molecule has 0 aliphatic heterocycles. The quantitative estimate of drug-likeness (QED) is 0.756. The molecule has 0 bridgehead atoms. The van der Waals surface area contributed by atoms with Gasteiger partial charge in [0, 0.05) is 0 Å². The molecule has 2 aromatic rings. The maximum atomic E-state index is 11.1. The molecule has 0 N–H and O–H groups in total. The molecule has 2 nitrogen and oxygen atoms in total. The molecule has 0 aromatic heterocycles. The Labute approximate surface area is 107 Å². The molecule has 0 spiro atoms. The highest BCUT2D eigenvalue weighted by Crippen LogP contribution is 2.26. The van der Waals surface area contributed by atoms with E-state index in [9.17, 15) is 4.79 Å². The van der Waals surface area contributed by atoms with Crippen LogP contribution in [0, 0.1) is 0 Å². The standard InChI is InChI=1S/C16H16O2/c1-12(2)18-16-9-8-14(10-15(16)11-17)13-6-4-3-5-7-13/h3-12H,1-2H3. The number of benzene rings is 2. The summed E-state index contributed by atoms with van der Waals surface area (Å²) in [4.78, 5) is 11.1. The van der Waals surface area contributed by atoms with Crippen LogP contribution in [0.3, 0.4) is 0 Å². The van der Waals surface area contributed by atoms with Gasteiger partial charge in [-0.1, -0.05) is 36.4 Å². The molecule has 0 amide bonds. The van der Waals surface area contributed by atoms with Crippen LogP contribution in [0.15, 0.2) is 48.5 Å². The Kier molecular flexibility index (Phi) is 3.78. The van der Waals surface area contributed by atoms with Crippen molar-refractivity contribution in [2.75, 3.05) is 0 Å². The second-order valence-corrected chi connectivity index (χ2v) is 4.40. The zero-order valence-corrected chi connectivity index (χ0v) is 10.6. The van der Waals surface area contributed by atoms with Crippen LogP contribution in [-0.4, -0.2) is 12.4 Å². The molecular formula is C16H16O2. The van der Waals surface area contributed by atoms with Crippen molar-refractivity contribution in [3.05, 3.63) is 54.1 Å². The summed E-state index contributed by atoms with van der Waals surface area (Å²) in [6, 6.07) is 15.7. The lowest BCUT2D eigenvalue weighted by molar-refractivity contribution is 0.111. The predicted molar refractivity (Wildman–Crippen MR) is 73.0 cm³/mol. The van der Waals surface area contributed by atoms with Crippen LogP contribution >= 0.6 is 0 Å². The average molecular weight is 240 g/mol. The van der Waals surface area contributed by atoms with Crippen LogP contribution in [0.5, 0.6) is 5.75 Å². The van der Waals surface area contributed by atoms with E-state index in [1.54, 1.807) is 0 Å². The molecule has 0 aliphatic rings. The molecule has 0 unspecified atom stereocenters.